The summed E-state index contributed by atoms with van der Waals surface area (Å²) in [5.41, 5.74) is 2.89. The molecule has 0 spiro atoms. The summed E-state index contributed by atoms with van der Waals surface area (Å²) in [5.74, 6) is 1.58. The molecule has 0 bridgehead atoms. The molecule has 0 aliphatic carbocycles. The second kappa shape index (κ2) is 4.72. The SMILES string of the molecule is CCNc1cc(-c2cc3cc(C)ccc3o2)ncn1. The molecule has 1 N–H and O–H groups in total. The van der Waals surface area contributed by atoms with Crippen LogP contribution in [0.2, 0.25) is 0 Å². The van der Waals surface area contributed by atoms with E-state index in [-0.39, 0.29) is 0 Å². The highest BCUT2D eigenvalue weighted by Crippen LogP contribution is 2.27. The predicted octanol–water partition coefficient (Wildman–Crippen LogP) is 3.63. The number of hydrogen-bond donors (Lipinski definition) is 1. The first-order valence-corrected chi connectivity index (χ1v) is 6.33. The maximum atomic E-state index is 5.82. The highest BCUT2D eigenvalue weighted by molar-refractivity contribution is 5.83. The summed E-state index contributed by atoms with van der Waals surface area (Å²) in [4.78, 5) is 8.42. The van der Waals surface area contributed by atoms with Gasteiger partial charge in [0.2, 0.25) is 0 Å². The highest BCUT2D eigenvalue weighted by atomic mass is 16.3. The van der Waals surface area contributed by atoms with Gasteiger partial charge in [0.15, 0.2) is 5.76 Å². The number of benzene rings is 1. The molecule has 3 aromatic rings. The average molecular weight is 253 g/mol. The van der Waals surface area contributed by atoms with Crippen LogP contribution in [0.1, 0.15) is 12.5 Å². The van der Waals surface area contributed by atoms with Gasteiger partial charge >= 0.3 is 0 Å². The topological polar surface area (TPSA) is 51.0 Å². The van der Waals surface area contributed by atoms with Crippen LogP contribution in [0.3, 0.4) is 0 Å². The third-order valence-electron chi connectivity index (χ3n) is 2.95. The molecule has 3 rings (SSSR count). The number of aryl methyl sites for hydroxylation is 1. The van der Waals surface area contributed by atoms with E-state index in [0.717, 1.165) is 34.8 Å². The number of nitrogens with zero attached hydrogens (tertiary/aromatic N) is 2. The Balaban J connectivity index is 2.05. The molecule has 0 unspecified atom stereocenters. The van der Waals surface area contributed by atoms with E-state index in [1.807, 2.05) is 31.2 Å². The van der Waals surface area contributed by atoms with Gasteiger partial charge in [-0.3, -0.25) is 0 Å². The fourth-order valence-electron chi connectivity index (χ4n) is 2.06. The van der Waals surface area contributed by atoms with E-state index in [2.05, 4.69) is 28.3 Å². The van der Waals surface area contributed by atoms with Gasteiger partial charge in [0.05, 0.1) is 0 Å². The smallest absolute Gasteiger partial charge is 0.153 e. The van der Waals surface area contributed by atoms with Crippen molar-refractivity contribution < 1.29 is 4.42 Å². The van der Waals surface area contributed by atoms with Crippen LogP contribution in [0, 0.1) is 6.92 Å². The number of anilines is 1. The van der Waals surface area contributed by atoms with Crippen molar-refractivity contribution >= 4 is 16.8 Å². The van der Waals surface area contributed by atoms with Crippen LogP contribution in [0.25, 0.3) is 22.4 Å². The van der Waals surface area contributed by atoms with E-state index in [9.17, 15) is 0 Å². The molecule has 0 fully saturated rings. The lowest BCUT2D eigenvalue weighted by atomic mass is 10.2. The Kier molecular flexibility index (Phi) is 2.91. The molecule has 4 nitrogen and oxygen atoms in total. The number of fused-ring (bicyclic) bond motifs is 1. The molecular weight excluding hydrogens is 238 g/mol. The lowest BCUT2D eigenvalue weighted by molar-refractivity contribution is 0.628. The zero-order valence-electron chi connectivity index (χ0n) is 11.0. The summed E-state index contributed by atoms with van der Waals surface area (Å²) in [6.45, 7) is 4.93. The number of nitrogens with one attached hydrogen (secondary N) is 1. The van der Waals surface area contributed by atoms with Gasteiger partial charge in [-0.1, -0.05) is 11.6 Å². The van der Waals surface area contributed by atoms with Crippen molar-refractivity contribution in [3.63, 3.8) is 0 Å². The maximum absolute atomic E-state index is 5.82. The van der Waals surface area contributed by atoms with Crippen LogP contribution >= 0.6 is 0 Å². The van der Waals surface area contributed by atoms with Gasteiger partial charge in [-0.05, 0) is 32.0 Å². The molecule has 1 aromatic carbocycles. The van der Waals surface area contributed by atoms with E-state index >= 15 is 0 Å². The maximum Gasteiger partial charge on any atom is 0.153 e. The molecule has 4 heteroatoms. The minimum atomic E-state index is 0.766. The summed E-state index contributed by atoms with van der Waals surface area (Å²) < 4.78 is 5.82. The molecule has 0 saturated heterocycles. The summed E-state index contributed by atoms with van der Waals surface area (Å²) >= 11 is 0. The van der Waals surface area contributed by atoms with Crippen LogP contribution in [-0.2, 0) is 0 Å². The zero-order valence-corrected chi connectivity index (χ0v) is 11.0. The molecule has 0 aliphatic rings. The van der Waals surface area contributed by atoms with Crippen molar-refractivity contribution in [1.82, 2.24) is 9.97 Å². The summed E-state index contributed by atoms with van der Waals surface area (Å²) in [6, 6.07) is 10.0. The first kappa shape index (κ1) is 11.7. The first-order valence-electron chi connectivity index (χ1n) is 6.33. The third-order valence-corrected chi connectivity index (χ3v) is 2.95. The first-order chi connectivity index (χ1) is 9.26. The number of hydrogen-bond acceptors (Lipinski definition) is 4. The summed E-state index contributed by atoms with van der Waals surface area (Å²) in [7, 11) is 0. The fraction of sp³-hybridized carbons (Fsp3) is 0.200. The predicted molar refractivity (Wildman–Crippen MR) is 76.1 cm³/mol. The Bertz CT molecular complexity index is 718. The van der Waals surface area contributed by atoms with Gasteiger partial charge in [-0.15, -0.1) is 0 Å². The molecule has 0 saturated carbocycles. The molecule has 0 aliphatic heterocycles. The van der Waals surface area contributed by atoms with Crippen molar-refractivity contribution in [2.75, 3.05) is 11.9 Å². The van der Waals surface area contributed by atoms with Crippen LogP contribution in [0.4, 0.5) is 5.82 Å². The molecular formula is C15H15N3O. The van der Waals surface area contributed by atoms with Gasteiger partial charge in [0.1, 0.15) is 23.4 Å². The Morgan fingerprint density at radius 1 is 1.16 bits per heavy atom. The molecule has 0 radical (unpaired) electrons. The van der Waals surface area contributed by atoms with Crippen LogP contribution in [0.5, 0.6) is 0 Å². The van der Waals surface area contributed by atoms with Crippen molar-refractivity contribution in [2.45, 2.75) is 13.8 Å². The van der Waals surface area contributed by atoms with Crippen molar-refractivity contribution in [1.29, 1.82) is 0 Å². The quantitative estimate of drug-likeness (QED) is 0.774. The second-order valence-corrected chi connectivity index (χ2v) is 4.47. The Labute approximate surface area is 111 Å². The number of furan rings is 1. The molecule has 2 heterocycles. The van der Waals surface area contributed by atoms with Gasteiger partial charge in [0, 0.05) is 18.0 Å². The Morgan fingerprint density at radius 3 is 2.89 bits per heavy atom. The molecule has 0 atom stereocenters. The van der Waals surface area contributed by atoms with E-state index in [4.69, 9.17) is 4.42 Å². The van der Waals surface area contributed by atoms with E-state index in [1.54, 1.807) is 6.33 Å². The van der Waals surface area contributed by atoms with Crippen LogP contribution < -0.4 is 5.32 Å². The normalized spacial score (nSPS) is 10.8. The molecule has 96 valence electrons. The van der Waals surface area contributed by atoms with Crippen molar-refractivity contribution in [2.24, 2.45) is 0 Å². The van der Waals surface area contributed by atoms with Gasteiger partial charge < -0.3 is 9.73 Å². The second-order valence-electron chi connectivity index (χ2n) is 4.47. The zero-order chi connectivity index (χ0) is 13.2. The lowest BCUT2D eigenvalue weighted by Gasteiger charge is -2.02. The van der Waals surface area contributed by atoms with Crippen molar-refractivity contribution in [3.05, 3.63) is 42.2 Å². The summed E-state index contributed by atoms with van der Waals surface area (Å²) in [5, 5.41) is 4.26. The van der Waals surface area contributed by atoms with Crippen molar-refractivity contribution in [3.8, 4) is 11.5 Å². The largest absolute Gasteiger partial charge is 0.454 e. The van der Waals surface area contributed by atoms with E-state index in [1.165, 1.54) is 5.56 Å². The monoisotopic (exact) mass is 253 g/mol. The minimum Gasteiger partial charge on any atom is -0.454 e. The van der Waals surface area contributed by atoms with E-state index < -0.39 is 0 Å². The molecule has 0 amide bonds. The lowest BCUT2D eigenvalue weighted by Crippen LogP contribution is -1.99. The van der Waals surface area contributed by atoms with Crippen LogP contribution in [0.15, 0.2) is 41.1 Å². The Hall–Kier alpha value is -2.36. The average Bonchev–Trinajstić information content (AvgIpc) is 2.82. The van der Waals surface area contributed by atoms with E-state index in [0.29, 0.717) is 0 Å². The Morgan fingerprint density at radius 2 is 2.05 bits per heavy atom. The highest BCUT2D eigenvalue weighted by Gasteiger charge is 2.08. The van der Waals surface area contributed by atoms with Gasteiger partial charge in [-0.2, -0.15) is 0 Å². The number of aromatic nitrogens is 2. The number of rotatable bonds is 3. The fourth-order valence-corrected chi connectivity index (χ4v) is 2.06. The van der Waals surface area contributed by atoms with Gasteiger partial charge in [-0.25, -0.2) is 9.97 Å². The van der Waals surface area contributed by atoms with Gasteiger partial charge in [0.25, 0.3) is 0 Å². The third kappa shape index (κ3) is 2.29. The molecule has 2 aromatic heterocycles. The van der Waals surface area contributed by atoms with Crippen LogP contribution in [-0.4, -0.2) is 16.5 Å². The summed E-state index contributed by atoms with van der Waals surface area (Å²) in [6.07, 6.45) is 1.55. The minimum absolute atomic E-state index is 0.766. The standard InChI is InChI=1S/C15H15N3O/c1-3-16-15-8-12(17-9-18-15)14-7-11-6-10(2)4-5-13(11)19-14/h4-9H,3H2,1-2H3,(H,16,17,18). The molecule has 19 heavy (non-hydrogen) atoms.